The Bertz CT molecular complexity index is 5930. The molecule has 6 saturated heterocycles. The van der Waals surface area contributed by atoms with Crippen LogP contribution in [0.25, 0.3) is 47.6 Å². The average Bonchev–Trinajstić information content (AvgIpc) is 1.64. The molecule has 672 valence electrons. The Labute approximate surface area is 790 Å². The van der Waals surface area contributed by atoms with Gasteiger partial charge in [-0.05, 0) is 232 Å². The van der Waals surface area contributed by atoms with Crippen LogP contribution in [0.1, 0.15) is 102 Å². The fourth-order valence-corrected chi connectivity index (χ4v) is 20.5. The van der Waals surface area contributed by atoms with Crippen molar-refractivity contribution in [2.24, 2.45) is 106 Å². The fraction of sp³-hybridized carbons (Fsp3) is 0.468. The third kappa shape index (κ3) is 24.1. The number of rotatable bonds is 16. The number of alkyl halides is 1. The Balaban J connectivity index is 0.000000162. The number of hydrogen-bond donors (Lipinski definition) is 5. The van der Waals surface area contributed by atoms with Gasteiger partial charge in [-0.3, -0.25) is 23.2 Å². The number of carbonyl (C=O) groups is 2. The maximum atomic E-state index is 12.6. The molecule has 6 atom stereocenters. The molecule has 0 aliphatic carbocycles. The van der Waals surface area contributed by atoms with Gasteiger partial charge in [-0.15, -0.1) is 40.2 Å². The Kier molecular flexibility index (Phi) is 34.4. The van der Waals surface area contributed by atoms with Crippen LogP contribution in [0.3, 0.4) is 0 Å². The first-order chi connectivity index (χ1) is 61.3. The molecule has 0 bridgehead atoms. The summed E-state index contributed by atoms with van der Waals surface area (Å²) in [4.78, 5) is 80.3. The predicted octanol–water partition coefficient (Wildman–Crippen LogP) is 14.4. The number of pyridine rings is 3. The summed E-state index contributed by atoms with van der Waals surface area (Å²) in [5.74, 6) is 7.29. The fourth-order valence-electron chi connectivity index (χ4n) is 15.8. The molecule has 0 aromatic carbocycles. The molecular formula is C77H95ClFN35NaO7S6-. The number of piperidine rings is 3. The molecule has 51 heteroatoms. The van der Waals surface area contributed by atoms with E-state index in [-0.39, 0.29) is 108 Å². The number of fused-ring (bicyclic) bond motifs is 6. The van der Waals surface area contributed by atoms with Crippen molar-refractivity contribution in [3.63, 3.8) is 0 Å². The second-order valence-corrected chi connectivity index (χ2v) is 37.0. The predicted molar refractivity (Wildman–Crippen MR) is 481 cm³/mol. The number of imidazole rings is 3. The minimum Gasteiger partial charge on any atom is -0.813 e. The van der Waals surface area contributed by atoms with Gasteiger partial charge in [0.25, 0.3) is 0 Å². The number of ether oxygens (including phenoxy) is 5. The molecule has 2 amide bonds. The van der Waals surface area contributed by atoms with Gasteiger partial charge in [0.1, 0.15) is 25.7 Å². The number of anilines is 3. The van der Waals surface area contributed by atoms with Crippen molar-refractivity contribution in [3.05, 3.63) is 138 Å². The van der Waals surface area contributed by atoms with Crippen LogP contribution < -0.4 is 66.5 Å². The molecule has 6 fully saturated rings. The molecule has 0 radical (unpaired) electrons. The number of nitrogens with zero attached hydrogens (tertiary/aromatic N) is 30. The normalized spacial score (nSPS) is 20.2. The van der Waals surface area contributed by atoms with E-state index in [4.69, 9.17) is 57.9 Å². The largest absolute Gasteiger partial charge is 1.00 e. The van der Waals surface area contributed by atoms with Gasteiger partial charge in [0.2, 0.25) is 17.8 Å². The molecule has 128 heavy (non-hydrogen) atoms. The van der Waals surface area contributed by atoms with Gasteiger partial charge >= 0.3 is 41.7 Å². The quantitative estimate of drug-likeness (QED) is 0.0114. The number of thiophene rings is 3. The number of alkyl carbamates (subject to hydrolysis) is 2. The summed E-state index contributed by atoms with van der Waals surface area (Å²) in [5.41, 5.74) is 14.1. The number of thiol groups is 1. The zero-order valence-corrected chi connectivity index (χ0v) is 79.3. The number of carbonyl (C=O) groups excluding carboxylic acids is 2. The van der Waals surface area contributed by atoms with Gasteiger partial charge in [-0.25, -0.2) is 44.5 Å². The van der Waals surface area contributed by atoms with Gasteiger partial charge in [-0.2, -0.15) is 5.53 Å². The van der Waals surface area contributed by atoms with Crippen molar-refractivity contribution in [2.45, 2.75) is 168 Å². The minimum atomic E-state index is -1.00. The minimum absolute atomic E-state index is 0. The smallest absolute Gasteiger partial charge is 0.813 e. The third-order valence-corrected chi connectivity index (χ3v) is 26.8. The van der Waals surface area contributed by atoms with Crippen molar-refractivity contribution in [2.75, 3.05) is 80.9 Å². The van der Waals surface area contributed by atoms with Crippen LogP contribution in [0.2, 0.25) is 5.02 Å². The van der Waals surface area contributed by atoms with Gasteiger partial charge in [-0.1, -0.05) is 40.3 Å². The summed E-state index contributed by atoms with van der Waals surface area (Å²) in [6, 6.07) is 15.1. The van der Waals surface area contributed by atoms with Crippen molar-refractivity contribution in [3.8, 4) is 0 Å². The molecule has 6 aliphatic rings. The molecular weight excluding hydrogens is 1800 g/mol. The van der Waals surface area contributed by atoms with Crippen molar-refractivity contribution < 1.29 is 68.6 Å². The van der Waals surface area contributed by atoms with Crippen LogP contribution in [0, 0.1) is 27.8 Å². The molecule has 18 heterocycles. The molecule has 18 rings (SSSR count). The van der Waals surface area contributed by atoms with Crippen LogP contribution in [-0.2, 0) is 37.2 Å². The molecule has 0 unspecified atom stereocenters. The number of nitrogens with two attached hydrogens (primary N) is 2. The monoisotopic (exact) mass is 1890 g/mol. The summed E-state index contributed by atoms with van der Waals surface area (Å²) in [6.07, 6.45) is 27.3. The Morgan fingerprint density at radius 3 is 1.33 bits per heavy atom. The first-order valence-electron chi connectivity index (χ1n) is 40.4. The first kappa shape index (κ1) is 96.9. The average molecular weight is 1890 g/mol. The first-order valence-corrected chi connectivity index (χ1v) is 44.4. The topological polar surface area (TPSA) is 505 Å². The number of aromatic nitrogens is 12. The molecule has 3 spiro atoms. The van der Waals surface area contributed by atoms with E-state index in [0.29, 0.717) is 13.2 Å². The van der Waals surface area contributed by atoms with E-state index in [1.807, 2.05) is 133 Å². The van der Waals surface area contributed by atoms with Gasteiger partial charge in [0, 0.05) is 156 Å². The van der Waals surface area contributed by atoms with Gasteiger partial charge < -0.3 is 84.6 Å². The van der Waals surface area contributed by atoms with Gasteiger partial charge in [0.05, 0.1) is 73.6 Å². The summed E-state index contributed by atoms with van der Waals surface area (Å²) >= 11 is 14.1. The SMILES string of the molecule is C[C@@H]1OCC2(CCN(c3nc[c-]c4nccn34)CC2)[C@@H]1NC(=O)OC(C)(C)C.C[C@@H]1OCC2(CCN(c3ncc(Sc4ccnc5sccc45)c4nccn34)CC2)[C@@H]1N.C[C@@H]1OCC2(CCN(c3ncc(Sc4ccnc5sccc45)c4nccn34)CC2)[C@@H]1NC(=O)OC(C)(C)C.Clc1ccnc2sccc12.N=N/N=N/N=N/N=N/N=N/N=N/N=N/N=N/N.[2H]CF.[Na+].[SH-]. The van der Waals surface area contributed by atoms with E-state index in [1.165, 1.54) is 10.3 Å². The molecule has 42 nitrogen and oxygen atoms in total. The number of hydrogen-bond acceptors (Lipinski definition) is 28. The van der Waals surface area contributed by atoms with Crippen molar-refractivity contribution in [1.29, 1.82) is 5.53 Å². The number of amides is 2. The van der Waals surface area contributed by atoms with Crippen molar-refractivity contribution in [1.82, 2.24) is 68.7 Å². The van der Waals surface area contributed by atoms with Gasteiger partial charge in [0.15, 0.2) is 11.3 Å². The Hall–Kier alpha value is -10.2. The molecule has 7 N–H and O–H groups in total. The van der Waals surface area contributed by atoms with Crippen LogP contribution in [0.4, 0.5) is 31.8 Å². The molecule has 0 saturated carbocycles. The number of nitrogens with one attached hydrogen (secondary N) is 3. The van der Waals surface area contributed by atoms with E-state index in [9.17, 15) is 14.0 Å². The van der Waals surface area contributed by atoms with Crippen LogP contribution >= 0.6 is 69.1 Å². The van der Waals surface area contributed by atoms with Crippen molar-refractivity contribution >= 4 is 160 Å². The van der Waals surface area contributed by atoms with E-state index >= 15 is 0 Å². The maximum Gasteiger partial charge on any atom is 1.00 e. The van der Waals surface area contributed by atoms with E-state index in [0.717, 1.165) is 164 Å². The summed E-state index contributed by atoms with van der Waals surface area (Å²) in [7, 11) is -1.00. The summed E-state index contributed by atoms with van der Waals surface area (Å²) in [6.45, 7) is 24.6. The molecule has 12 aromatic heterocycles. The molecule has 12 aromatic rings. The second kappa shape index (κ2) is 45.4. The Morgan fingerprint density at radius 1 is 0.539 bits per heavy atom. The van der Waals surface area contributed by atoms with E-state index in [1.54, 1.807) is 82.2 Å². The third-order valence-electron chi connectivity index (χ3n) is 21.8. The zero-order valence-electron chi connectivity index (χ0n) is 72.6. The number of halogens is 2. The second-order valence-electron chi connectivity index (χ2n) is 31.7. The summed E-state index contributed by atoms with van der Waals surface area (Å²) < 4.78 is 50.6. The van der Waals surface area contributed by atoms with E-state index in [2.05, 4.69) is 195 Å². The summed E-state index contributed by atoms with van der Waals surface area (Å²) in [5, 5.41) is 59.8. The zero-order chi connectivity index (χ0) is 89.7. The van der Waals surface area contributed by atoms with Crippen LogP contribution in [-0.4, -0.2) is 184 Å². The molecule has 6 aliphatic heterocycles. The maximum absolute atomic E-state index is 12.6. The van der Waals surface area contributed by atoms with E-state index < -0.39 is 18.4 Å². The Morgan fingerprint density at radius 2 is 0.914 bits per heavy atom. The standard InChI is InChI=1S/C27H32N6O3S2.C22H24N6OS2.C20H28N5O3.C7H4ClNS.CH3F.H3N17.Na.H2S/c1-17-21(31-25(34)36-26(2,3)4)27(16-35-17)7-11-32(12-8-27)24-30-15-20(22-28-10-13-33(22)24)38-19-5-9-29-23-18(19)6-14-37-23;1-14-18(23)22(13-29-14)4-8-27(9-5-22)21-26-12-17(19-24-7-10-28(19)21)31-16-2-6-25-20-15(16)3-11-30-20;1-14-16(23-18(26)28-19(2,3)4)20(13-27-14)6-10-24(11-7-20)17-22-8-5-15-21-9-12-25(15)17;8-6-1-3-9-7-5(6)2-4-10-7;1-2;1-3-5-7-9-11-13-15-17-16-14-12-10-8-6-4-2;;/h5-6,9-10,13-15,17,21H,7-8,11-12,16H2,1-4H3,(H,31,34);2-3,6-7,10-12,14,18H,4-5,8-9,13,23H2,1H3;8-9,12,14,16H,6-7,10-11,13H2,1-4H3,(H,23,26);1-4H;1H3;(H3,1,2,5,6,9,10,13,14,17);;1H2/q;;-1;;;;+1;/p-1/t17-,21+;14-,18+;14-,16+;;;;;/m000...../s1/i;;;;1D;;;. The van der Waals surface area contributed by atoms with Crippen LogP contribution in [0.15, 0.2) is 225 Å². The van der Waals surface area contributed by atoms with Crippen LogP contribution in [0.5, 0.6) is 0 Å².